The van der Waals surface area contributed by atoms with Gasteiger partial charge in [0.1, 0.15) is 5.75 Å². The van der Waals surface area contributed by atoms with Crippen LogP contribution in [0.4, 0.5) is 0 Å². The molecule has 3 rings (SSSR count). The minimum atomic E-state index is -0.107. The zero-order chi connectivity index (χ0) is 22.7. The molecule has 0 radical (unpaired) electrons. The Morgan fingerprint density at radius 2 is 1.97 bits per heavy atom. The minimum Gasteiger partial charge on any atom is -0.491 e. The maximum atomic E-state index is 12.7. The van der Waals surface area contributed by atoms with Crippen LogP contribution in [-0.2, 0) is 18.3 Å². The molecule has 1 amide bonds. The van der Waals surface area contributed by atoms with Gasteiger partial charge in [-0.3, -0.25) is 4.79 Å². The lowest BCUT2D eigenvalue weighted by Gasteiger charge is -2.17. The fourth-order valence-electron chi connectivity index (χ4n) is 3.87. The summed E-state index contributed by atoms with van der Waals surface area (Å²) in [5.41, 5.74) is 4.84. The number of hydrogen-bond donors (Lipinski definition) is 1. The second-order valence-electron chi connectivity index (χ2n) is 8.16. The van der Waals surface area contributed by atoms with Gasteiger partial charge < -0.3 is 14.8 Å². The van der Waals surface area contributed by atoms with Gasteiger partial charge in [-0.05, 0) is 69.9 Å². The first-order valence-corrected chi connectivity index (χ1v) is 10.6. The first kappa shape index (κ1) is 22.6. The van der Waals surface area contributed by atoms with Crippen LogP contribution in [0.2, 0.25) is 0 Å². The average molecular weight is 425 g/mol. The third-order valence-corrected chi connectivity index (χ3v) is 5.43. The Hall–Kier alpha value is -3.09. The topological polar surface area (TPSA) is 78.3 Å². The number of hydrogen-bond acceptors (Lipinski definition) is 5. The molecule has 3 aromatic rings. The molecule has 0 bridgehead atoms. The maximum absolute atomic E-state index is 12.7. The van der Waals surface area contributed by atoms with Gasteiger partial charge in [-0.15, -0.1) is 5.10 Å². The highest BCUT2D eigenvalue weighted by atomic mass is 16.5. The van der Waals surface area contributed by atoms with E-state index >= 15 is 0 Å². The van der Waals surface area contributed by atoms with Gasteiger partial charge in [0.25, 0.3) is 0 Å². The molecule has 0 saturated heterocycles. The molecule has 1 N–H and O–H groups in total. The van der Waals surface area contributed by atoms with Crippen molar-refractivity contribution in [3.63, 3.8) is 0 Å². The second kappa shape index (κ2) is 9.37. The van der Waals surface area contributed by atoms with E-state index in [9.17, 15) is 4.79 Å². The number of nitrogens with one attached hydrogen (secondary N) is 1. The van der Waals surface area contributed by atoms with Gasteiger partial charge >= 0.3 is 0 Å². The van der Waals surface area contributed by atoms with Gasteiger partial charge in [0, 0.05) is 19.2 Å². The standard InChI is InChI=1S/C24H32N4O3/c1-14(2)31-19-10-8-9-18(13-19)16(4)25-21(29)12-11-20-15(3)22-23(26-17(20)5)28(6)27-24(22)30-7/h8-10,13-14,16H,11-12H2,1-7H3,(H,25,29). The number of pyridine rings is 1. The smallest absolute Gasteiger partial charge is 0.242 e. The predicted octanol–water partition coefficient (Wildman–Crippen LogP) is 4.19. The molecular weight excluding hydrogens is 392 g/mol. The van der Waals surface area contributed by atoms with Gasteiger partial charge in [0.05, 0.1) is 24.6 Å². The van der Waals surface area contributed by atoms with E-state index in [-0.39, 0.29) is 18.1 Å². The van der Waals surface area contributed by atoms with E-state index in [1.807, 2.05) is 65.9 Å². The highest BCUT2D eigenvalue weighted by Crippen LogP contribution is 2.30. The molecule has 7 heteroatoms. The average Bonchev–Trinajstić information content (AvgIpc) is 3.03. The van der Waals surface area contributed by atoms with Gasteiger partial charge in [-0.25, -0.2) is 9.67 Å². The number of rotatable bonds is 8. The fraction of sp³-hybridized carbons (Fsp3) is 0.458. The molecule has 0 aliphatic heterocycles. The van der Waals surface area contributed by atoms with E-state index < -0.39 is 0 Å². The Morgan fingerprint density at radius 3 is 2.65 bits per heavy atom. The van der Waals surface area contributed by atoms with Crippen LogP contribution < -0.4 is 14.8 Å². The lowest BCUT2D eigenvalue weighted by molar-refractivity contribution is -0.121. The third kappa shape index (κ3) is 4.98. The monoisotopic (exact) mass is 424 g/mol. The van der Waals surface area contributed by atoms with Crippen LogP contribution in [0.3, 0.4) is 0 Å². The number of aryl methyl sites for hydroxylation is 3. The maximum Gasteiger partial charge on any atom is 0.242 e. The van der Waals surface area contributed by atoms with Crippen LogP contribution in [0, 0.1) is 13.8 Å². The quantitative estimate of drug-likeness (QED) is 0.587. The Balaban J connectivity index is 1.70. The molecule has 1 atom stereocenters. The lowest BCUT2D eigenvalue weighted by Crippen LogP contribution is -2.27. The van der Waals surface area contributed by atoms with Crippen LogP contribution in [0.5, 0.6) is 11.6 Å². The molecule has 7 nitrogen and oxygen atoms in total. The number of methoxy groups -OCH3 is 1. The SMILES string of the molecule is COc1nn(C)c2nc(C)c(CCC(=O)NC(C)c3cccc(OC(C)C)c3)c(C)c12. The second-order valence-corrected chi connectivity index (χ2v) is 8.16. The normalized spacial score (nSPS) is 12.3. The van der Waals surface area contributed by atoms with Crippen molar-refractivity contribution in [3.05, 3.63) is 46.6 Å². The van der Waals surface area contributed by atoms with Gasteiger partial charge in [0.2, 0.25) is 11.8 Å². The summed E-state index contributed by atoms with van der Waals surface area (Å²) in [5.74, 6) is 1.37. The van der Waals surface area contributed by atoms with E-state index in [2.05, 4.69) is 10.4 Å². The minimum absolute atomic E-state index is 0.000250. The largest absolute Gasteiger partial charge is 0.491 e. The summed E-state index contributed by atoms with van der Waals surface area (Å²) in [7, 11) is 3.46. The fourth-order valence-corrected chi connectivity index (χ4v) is 3.87. The van der Waals surface area contributed by atoms with Crippen molar-refractivity contribution in [1.29, 1.82) is 0 Å². The Kier molecular flexibility index (Phi) is 6.83. The molecule has 1 aromatic carbocycles. The van der Waals surface area contributed by atoms with Crippen molar-refractivity contribution >= 4 is 16.9 Å². The molecule has 31 heavy (non-hydrogen) atoms. The highest BCUT2D eigenvalue weighted by molar-refractivity contribution is 5.86. The summed E-state index contributed by atoms with van der Waals surface area (Å²) in [6.45, 7) is 9.99. The molecule has 2 aromatic heterocycles. The number of carbonyl (C=O) groups is 1. The van der Waals surface area contributed by atoms with Crippen LogP contribution in [-0.4, -0.2) is 33.9 Å². The zero-order valence-electron chi connectivity index (χ0n) is 19.4. The van der Waals surface area contributed by atoms with E-state index in [1.165, 1.54) is 0 Å². The third-order valence-electron chi connectivity index (χ3n) is 5.43. The summed E-state index contributed by atoms with van der Waals surface area (Å²) in [4.78, 5) is 17.4. The number of nitrogens with zero attached hydrogens (tertiary/aromatic N) is 3. The van der Waals surface area contributed by atoms with E-state index in [1.54, 1.807) is 11.8 Å². The van der Waals surface area contributed by atoms with Crippen molar-refractivity contribution in [2.75, 3.05) is 7.11 Å². The predicted molar refractivity (Wildman–Crippen MR) is 122 cm³/mol. The molecule has 0 aliphatic carbocycles. The molecule has 166 valence electrons. The Labute approximate surface area is 183 Å². The van der Waals surface area contributed by atoms with Gasteiger partial charge in [-0.2, -0.15) is 0 Å². The molecule has 0 spiro atoms. The molecule has 0 saturated carbocycles. The molecule has 0 aliphatic rings. The number of fused-ring (bicyclic) bond motifs is 1. The molecule has 1 unspecified atom stereocenters. The first-order valence-electron chi connectivity index (χ1n) is 10.6. The van der Waals surface area contributed by atoms with Crippen LogP contribution in [0.25, 0.3) is 11.0 Å². The van der Waals surface area contributed by atoms with Crippen molar-refractivity contribution in [1.82, 2.24) is 20.1 Å². The molecule has 2 heterocycles. The zero-order valence-corrected chi connectivity index (χ0v) is 19.4. The van der Waals surface area contributed by atoms with Crippen LogP contribution >= 0.6 is 0 Å². The Morgan fingerprint density at radius 1 is 1.23 bits per heavy atom. The molecular formula is C24H32N4O3. The Bertz CT molecular complexity index is 1090. The number of aromatic nitrogens is 3. The number of carbonyl (C=O) groups excluding carboxylic acids is 1. The highest BCUT2D eigenvalue weighted by Gasteiger charge is 2.19. The number of benzene rings is 1. The summed E-state index contributed by atoms with van der Waals surface area (Å²) < 4.78 is 12.9. The first-order chi connectivity index (χ1) is 14.7. The summed E-state index contributed by atoms with van der Waals surface area (Å²) in [5, 5.41) is 8.38. The van der Waals surface area contributed by atoms with Crippen molar-refractivity contribution in [2.45, 2.75) is 59.6 Å². The number of ether oxygens (including phenoxy) is 2. The van der Waals surface area contributed by atoms with Gasteiger partial charge in [-0.1, -0.05) is 12.1 Å². The van der Waals surface area contributed by atoms with Crippen molar-refractivity contribution < 1.29 is 14.3 Å². The van der Waals surface area contributed by atoms with Crippen molar-refractivity contribution in [2.24, 2.45) is 7.05 Å². The lowest BCUT2D eigenvalue weighted by atomic mass is 10.00. The van der Waals surface area contributed by atoms with E-state index in [0.717, 1.165) is 39.2 Å². The van der Waals surface area contributed by atoms with E-state index in [4.69, 9.17) is 14.5 Å². The molecule has 0 fully saturated rings. The van der Waals surface area contributed by atoms with E-state index in [0.29, 0.717) is 18.7 Å². The van der Waals surface area contributed by atoms with Gasteiger partial charge in [0.15, 0.2) is 5.65 Å². The van der Waals surface area contributed by atoms with Crippen LogP contribution in [0.1, 0.15) is 55.6 Å². The summed E-state index contributed by atoms with van der Waals surface area (Å²) in [6.07, 6.45) is 1.09. The van der Waals surface area contributed by atoms with Crippen molar-refractivity contribution in [3.8, 4) is 11.6 Å². The number of amides is 1. The van der Waals surface area contributed by atoms with Crippen LogP contribution in [0.15, 0.2) is 24.3 Å². The summed E-state index contributed by atoms with van der Waals surface area (Å²) in [6, 6.07) is 7.75. The summed E-state index contributed by atoms with van der Waals surface area (Å²) >= 11 is 0.